The number of aryl methyl sites for hydroxylation is 1. The number of hydrogen-bond donors (Lipinski definition) is 1. The van der Waals surface area contributed by atoms with E-state index in [0.717, 1.165) is 34.3 Å². The van der Waals surface area contributed by atoms with Gasteiger partial charge in [-0.15, -0.1) is 0 Å². The van der Waals surface area contributed by atoms with E-state index in [9.17, 15) is 31.5 Å². The van der Waals surface area contributed by atoms with Gasteiger partial charge in [-0.05, 0) is 60.2 Å². The van der Waals surface area contributed by atoms with Crippen molar-refractivity contribution in [2.45, 2.75) is 11.3 Å². The Labute approximate surface area is 266 Å². The highest BCUT2D eigenvalue weighted by Gasteiger charge is 2.31. The van der Waals surface area contributed by atoms with E-state index < -0.39 is 28.2 Å². The molecule has 46 heavy (non-hydrogen) atoms. The number of fused-ring (bicyclic) bond motifs is 1. The summed E-state index contributed by atoms with van der Waals surface area (Å²) in [7, 11) is -2.87. The molecule has 7 nitrogen and oxygen atoms in total. The monoisotopic (exact) mass is 659 g/mol. The summed E-state index contributed by atoms with van der Waals surface area (Å²) in [6, 6.07) is 20.4. The first-order valence-electron chi connectivity index (χ1n) is 13.6. The number of benzene rings is 4. The average Bonchev–Trinajstić information content (AvgIpc) is 3.57. The number of rotatable bonds is 7. The van der Waals surface area contributed by atoms with Gasteiger partial charge in [0.25, 0.3) is 16.4 Å². The molecule has 0 unspecified atom stereocenters. The molecule has 0 saturated carbocycles. The minimum absolute atomic E-state index is 0.0194. The van der Waals surface area contributed by atoms with Crippen LogP contribution in [0.1, 0.15) is 22.3 Å². The fraction of sp³-hybridized carbons (Fsp3) is 0.0588. The molecule has 0 atom stereocenters. The molecule has 2 aromatic heterocycles. The van der Waals surface area contributed by atoms with Gasteiger partial charge in [0.05, 0.1) is 34.9 Å². The Balaban J connectivity index is 1.71. The number of aromatic nitrogens is 2. The van der Waals surface area contributed by atoms with Crippen LogP contribution < -0.4 is 0 Å². The summed E-state index contributed by atoms with van der Waals surface area (Å²) in [6.45, 7) is 7.84. The van der Waals surface area contributed by atoms with E-state index in [4.69, 9.17) is 18.2 Å². The summed E-state index contributed by atoms with van der Waals surface area (Å²) in [5.74, 6) is -1.63. The Bertz CT molecular complexity index is 2340. The molecule has 0 fully saturated rings. The lowest BCUT2D eigenvalue weighted by molar-refractivity contribution is 0.0697. The van der Waals surface area contributed by atoms with Crippen molar-refractivity contribution in [2.75, 3.05) is 0 Å². The van der Waals surface area contributed by atoms with Crippen LogP contribution in [0.15, 0.2) is 102 Å². The zero-order chi connectivity index (χ0) is 32.9. The first-order chi connectivity index (χ1) is 21.9. The molecule has 230 valence electrons. The molecule has 12 heteroatoms. The second-order valence-electron chi connectivity index (χ2n) is 10.4. The third-order valence-electron chi connectivity index (χ3n) is 7.64. The molecule has 1 N–H and O–H groups in total. The van der Waals surface area contributed by atoms with Crippen molar-refractivity contribution in [3.8, 4) is 33.5 Å². The number of carboxylic acids is 1. The van der Waals surface area contributed by atoms with Crippen molar-refractivity contribution in [1.29, 1.82) is 0 Å². The molecular weight excluding hydrogens is 639 g/mol. The molecule has 6 rings (SSSR count). The lowest BCUT2D eigenvalue weighted by Gasteiger charge is -2.15. The van der Waals surface area contributed by atoms with E-state index >= 15 is 0 Å². The minimum Gasteiger partial charge on any atom is -0.478 e. The number of nitrogens with zero attached hydrogens (tertiary/aromatic N) is 3. The third-order valence-corrected chi connectivity index (χ3v) is 9.68. The smallest absolute Gasteiger partial charge is 0.335 e. The first kappa shape index (κ1) is 30.7. The van der Waals surface area contributed by atoms with Crippen molar-refractivity contribution in [3.05, 3.63) is 131 Å². The van der Waals surface area contributed by atoms with Crippen LogP contribution >= 0.6 is 11.6 Å². The largest absolute Gasteiger partial charge is 0.478 e. The molecule has 0 saturated heterocycles. The summed E-state index contributed by atoms with van der Waals surface area (Å²) >= 11 is 6.48. The molecule has 0 bridgehead atoms. The van der Waals surface area contributed by atoms with E-state index in [1.54, 1.807) is 48.1 Å². The molecule has 6 aromatic rings. The van der Waals surface area contributed by atoms with Crippen molar-refractivity contribution < 1.29 is 31.5 Å². The maximum absolute atomic E-state index is 14.9. The summed E-state index contributed by atoms with van der Waals surface area (Å²) < 4.78 is 73.0. The van der Waals surface area contributed by atoms with Crippen LogP contribution in [0.3, 0.4) is 0 Å². The van der Waals surface area contributed by atoms with Gasteiger partial charge >= 0.3 is 5.97 Å². The topological polar surface area (TPSA) is 85.7 Å². The number of alkyl halides is 2. The lowest BCUT2D eigenvalue weighted by Crippen LogP contribution is -2.14. The second kappa shape index (κ2) is 11.6. The standard InChI is InChI=1S/C34H21ClF3N3O4S/c1-39-33-26(14-15-40(33)2)30-27-18-23(36)9-13-29(27)41(46(44,45)24-10-6-19(7-11-24)32(37)38)31(30)21-5-3-4-20(16-21)25-12-8-22(34(42)43)17-28(25)35/h3-18,32H,2H3,(H,42,43). The van der Waals surface area contributed by atoms with Crippen LogP contribution in [0.2, 0.25) is 5.02 Å². The first-order valence-corrected chi connectivity index (χ1v) is 15.4. The van der Waals surface area contributed by atoms with Gasteiger partial charge in [0.15, 0.2) is 0 Å². The summed E-state index contributed by atoms with van der Waals surface area (Å²) in [5, 5.41) is 9.72. The quantitative estimate of drug-likeness (QED) is 0.173. The highest BCUT2D eigenvalue weighted by atomic mass is 35.5. The fourth-order valence-electron chi connectivity index (χ4n) is 5.48. The number of halogens is 4. The molecule has 0 spiro atoms. The van der Waals surface area contributed by atoms with Crippen LogP contribution in [-0.2, 0) is 17.1 Å². The molecular formula is C34H21ClF3N3O4S. The number of aromatic carboxylic acids is 1. The number of hydrogen-bond acceptors (Lipinski definition) is 3. The highest BCUT2D eigenvalue weighted by Crippen LogP contribution is 2.47. The summed E-state index contributed by atoms with van der Waals surface area (Å²) in [4.78, 5) is 14.8. The number of carboxylic acid groups (broad SMARTS) is 1. The SMILES string of the molecule is [C-]#[N+]c1c(-c2c(-c3cccc(-c4ccc(C(=O)O)cc4Cl)c3)n(S(=O)(=O)c3ccc(C(F)F)cc3)c3ccc(F)cc23)ccn1C. The van der Waals surface area contributed by atoms with E-state index in [2.05, 4.69) is 4.85 Å². The Morgan fingerprint density at radius 3 is 2.30 bits per heavy atom. The van der Waals surface area contributed by atoms with Gasteiger partial charge in [-0.3, -0.25) is 0 Å². The predicted octanol–water partition coefficient (Wildman–Crippen LogP) is 9.20. The lowest BCUT2D eigenvalue weighted by atomic mass is 9.96. The van der Waals surface area contributed by atoms with Crippen LogP contribution in [0.5, 0.6) is 0 Å². The van der Waals surface area contributed by atoms with E-state index in [1.165, 1.54) is 30.3 Å². The van der Waals surface area contributed by atoms with Gasteiger partial charge < -0.3 is 14.5 Å². The van der Waals surface area contributed by atoms with E-state index in [1.807, 2.05) is 0 Å². The molecule has 0 amide bonds. The third kappa shape index (κ3) is 5.11. The molecule has 4 aromatic carbocycles. The number of carbonyl (C=O) groups is 1. The van der Waals surface area contributed by atoms with E-state index in [-0.39, 0.29) is 49.0 Å². The van der Waals surface area contributed by atoms with Gasteiger partial charge in [-0.1, -0.05) is 54.6 Å². The van der Waals surface area contributed by atoms with Crippen molar-refractivity contribution in [2.24, 2.45) is 7.05 Å². The Morgan fingerprint density at radius 2 is 1.65 bits per heavy atom. The Hall–Kier alpha value is -5.31. The summed E-state index contributed by atoms with van der Waals surface area (Å²) in [6.07, 6.45) is -1.18. The summed E-state index contributed by atoms with van der Waals surface area (Å²) in [5.41, 5.74) is 1.75. The van der Waals surface area contributed by atoms with Gasteiger partial charge in [0.2, 0.25) is 5.82 Å². The van der Waals surface area contributed by atoms with Gasteiger partial charge in [0, 0.05) is 38.2 Å². The Kier molecular flexibility index (Phi) is 7.72. The van der Waals surface area contributed by atoms with Gasteiger partial charge in [0.1, 0.15) is 5.82 Å². The van der Waals surface area contributed by atoms with Crippen LogP contribution in [0.25, 0.3) is 49.3 Å². The van der Waals surface area contributed by atoms with Gasteiger partial charge in [-0.2, -0.15) is 0 Å². The van der Waals surface area contributed by atoms with Crippen LogP contribution in [-0.4, -0.2) is 28.0 Å². The van der Waals surface area contributed by atoms with Crippen molar-refractivity contribution in [3.63, 3.8) is 0 Å². The molecule has 0 aliphatic heterocycles. The van der Waals surface area contributed by atoms with Crippen molar-refractivity contribution in [1.82, 2.24) is 8.54 Å². The minimum atomic E-state index is -4.53. The molecule has 0 aliphatic carbocycles. The fourth-order valence-corrected chi connectivity index (χ4v) is 7.32. The molecule has 0 radical (unpaired) electrons. The van der Waals surface area contributed by atoms with Crippen LogP contribution in [0.4, 0.5) is 19.0 Å². The van der Waals surface area contributed by atoms with Crippen LogP contribution in [0, 0.1) is 12.4 Å². The van der Waals surface area contributed by atoms with E-state index in [0.29, 0.717) is 22.3 Å². The average molecular weight is 660 g/mol. The molecule has 2 heterocycles. The Morgan fingerprint density at radius 1 is 0.935 bits per heavy atom. The predicted molar refractivity (Wildman–Crippen MR) is 169 cm³/mol. The maximum Gasteiger partial charge on any atom is 0.335 e. The maximum atomic E-state index is 14.9. The zero-order valence-corrected chi connectivity index (χ0v) is 25.3. The van der Waals surface area contributed by atoms with Gasteiger partial charge in [-0.25, -0.2) is 30.4 Å². The zero-order valence-electron chi connectivity index (χ0n) is 23.7. The molecule has 0 aliphatic rings. The second-order valence-corrected chi connectivity index (χ2v) is 12.6. The highest BCUT2D eigenvalue weighted by molar-refractivity contribution is 7.90. The van der Waals surface area contributed by atoms with Crippen molar-refractivity contribution >= 4 is 44.3 Å². The normalized spacial score (nSPS) is 11.7.